The Hall–Kier alpha value is -1.78. The molecule has 0 aliphatic heterocycles. The summed E-state index contributed by atoms with van der Waals surface area (Å²) in [6.45, 7) is 4.49. The van der Waals surface area contributed by atoms with Gasteiger partial charge in [-0.05, 0) is 33.1 Å². The van der Waals surface area contributed by atoms with Crippen molar-refractivity contribution in [1.29, 1.82) is 0 Å². The molecule has 1 N–H and O–H groups in total. The Balaban J connectivity index is 2.24. The molecule has 1 aromatic carbocycles. The van der Waals surface area contributed by atoms with Crippen LogP contribution in [-0.2, 0) is 0 Å². The molecule has 5 heteroatoms. The lowest BCUT2D eigenvalue weighted by Crippen LogP contribution is -2.41. The highest BCUT2D eigenvalue weighted by molar-refractivity contribution is 5.57. The summed E-state index contributed by atoms with van der Waals surface area (Å²) in [5.41, 5.74) is 0.889. The van der Waals surface area contributed by atoms with Crippen molar-refractivity contribution < 1.29 is 9.66 Å². The number of benzene rings is 1. The minimum atomic E-state index is -0.392. The highest BCUT2D eigenvalue weighted by Crippen LogP contribution is 2.36. The molecule has 98 valence electrons. The van der Waals surface area contributed by atoms with Gasteiger partial charge < -0.3 is 10.1 Å². The van der Waals surface area contributed by atoms with Crippen molar-refractivity contribution in [3.63, 3.8) is 0 Å². The van der Waals surface area contributed by atoms with Crippen LogP contribution in [0.1, 0.15) is 33.1 Å². The second kappa shape index (κ2) is 4.84. The first-order valence-corrected chi connectivity index (χ1v) is 6.23. The Labute approximate surface area is 106 Å². The average molecular weight is 250 g/mol. The molecule has 0 atom stereocenters. The minimum absolute atomic E-state index is 0.0615. The van der Waals surface area contributed by atoms with Gasteiger partial charge in [0, 0.05) is 23.4 Å². The van der Waals surface area contributed by atoms with Crippen LogP contribution in [0, 0.1) is 10.1 Å². The molecule has 0 saturated heterocycles. The lowest BCUT2D eigenvalue weighted by atomic mass is 9.78. The van der Waals surface area contributed by atoms with Crippen molar-refractivity contribution in [3.8, 4) is 5.75 Å². The van der Waals surface area contributed by atoms with Crippen LogP contribution >= 0.6 is 0 Å². The van der Waals surface area contributed by atoms with E-state index < -0.39 is 4.92 Å². The van der Waals surface area contributed by atoms with Gasteiger partial charge in [-0.25, -0.2) is 0 Å². The second-order valence-corrected chi connectivity index (χ2v) is 4.94. The molecule has 0 unspecified atom stereocenters. The Kier molecular flexibility index (Phi) is 3.41. The fourth-order valence-corrected chi connectivity index (χ4v) is 2.19. The first-order chi connectivity index (χ1) is 8.52. The van der Waals surface area contributed by atoms with Crippen molar-refractivity contribution in [3.05, 3.63) is 28.3 Å². The van der Waals surface area contributed by atoms with E-state index in [-0.39, 0.29) is 11.2 Å². The van der Waals surface area contributed by atoms with Crippen LogP contribution in [-0.4, -0.2) is 17.1 Å². The third-order valence-electron chi connectivity index (χ3n) is 3.32. The van der Waals surface area contributed by atoms with E-state index in [2.05, 4.69) is 12.2 Å². The fraction of sp³-hybridized carbons (Fsp3) is 0.538. The minimum Gasteiger partial charge on any atom is -0.494 e. The first-order valence-electron chi connectivity index (χ1n) is 6.23. The SMILES string of the molecule is CCOc1cc(NC2(C)CCC2)cc([N+](=O)[O-])c1. The van der Waals surface area contributed by atoms with E-state index in [1.807, 2.05) is 13.0 Å². The van der Waals surface area contributed by atoms with Gasteiger partial charge in [0.25, 0.3) is 5.69 Å². The lowest BCUT2D eigenvalue weighted by Gasteiger charge is -2.40. The summed E-state index contributed by atoms with van der Waals surface area (Å²) in [6.07, 6.45) is 3.40. The normalized spacial score (nSPS) is 16.8. The van der Waals surface area contributed by atoms with E-state index in [0.717, 1.165) is 18.5 Å². The van der Waals surface area contributed by atoms with Crippen LogP contribution in [0.5, 0.6) is 5.75 Å². The molecule has 5 nitrogen and oxygen atoms in total. The number of nitrogens with one attached hydrogen (secondary N) is 1. The number of anilines is 1. The van der Waals surface area contributed by atoms with Gasteiger partial charge in [0.15, 0.2) is 0 Å². The topological polar surface area (TPSA) is 64.4 Å². The molecule has 1 aromatic rings. The molecule has 2 rings (SSSR count). The Morgan fingerprint density at radius 1 is 1.44 bits per heavy atom. The van der Waals surface area contributed by atoms with Gasteiger partial charge in [0.2, 0.25) is 0 Å². The highest BCUT2D eigenvalue weighted by Gasteiger charge is 2.31. The number of nitro groups is 1. The van der Waals surface area contributed by atoms with Crippen LogP contribution in [0.15, 0.2) is 18.2 Å². The van der Waals surface area contributed by atoms with Crippen LogP contribution in [0.4, 0.5) is 11.4 Å². The summed E-state index contributed by atoms with van der Waals surface area (Å²) >= 11 is 0. The van der Waals surface area contributed by atoms with Gasteiger partial charge in [0.1, 0.15) is 5.75 Å². The number of ether oxygens (including phenoxy) is 1. The quantitative estimate of drug-likeness (QED) is 0.643. The van der Waals surface area contributed by atoms with E-state index in [0.29, 0.717) is 12.4 Å². The fourth-order valence-electron chi connectivity index (χ4n) is 2.19. The molecule has 0 radical (unpaired) electrons. The number of nitro benzene ring substituents is 1. The summed E-state index contributed by atoms with van der Waals surface area (Å²) in [4.78, 5) is 10.5. The zero-order valence-corrected chi connectivity index (χ0v) is 10.7. The third kappa shape index (κ3) is 2.72. The van der Waals surface area contributed by atoms with Gasteiger partial charge in [0.05, 0.1) is 17.6 Å². The summed E-state index contributed by atoms with van der Waals surface area (Å²) in [6, 6.07) is 4.84. The maximum atomic E-state index is 10.9. The monoisotopic (exact) mass is 250 g/mol. The highest BCUT2D eigenvalue weighted by atomic mass is 16.6. The number of hydrogen-bond donors (Lipinski definition) is 1. The summed E-state index contributed by atoms with van der Waals surface area (Å²) in [7, 11) is 0. The lowest BCUT2D eigenvalue weighted by molar-refractivity contribution is -0.384. The van der Waals surface area contributed by atoms with E-state index in [9.17, 15) is 10.1 Å². The molecule has 18 heavy (non-hydrogen) atoms. The molecule has 1 aliphatic carbocycles. The van der Waals surface area contributed by atoms with Crippen molar-refractivity contribution in [2.45, 2.75) is 38.6 Å². The molecule has 0 bridgehead atoms. The summed E-state index contributed by atoms with van der Waals surface area (Å²) in [5.74, 6) is 0.539. The van der Waals surface area contributed by atoms with Crippen molar-refractivity contribution in [2.75, 3.05) is 11.9 Å². The zero-order valence-electron chi connectivity index (χ0n) is 10.7. The predicted molar refractivity (Wildman–Crippen MR) is 70.1 cm³/mol. The van der Waals surface area contributed by atoms with Crippen molar-refractivity contribution in [1.82, 2.24) is 0 Å². The number of rotatable bonds is 5. The summed E-state index contributed by atoms with van der Waals surface area (Å²) in [5, 5.41) is 14.2. The Morgan fingerprint density at radius 3 is 2.67 bits per heavy atom. The average Bonchev–Trinajstić information content (AvgIpc) is 2.27. The molecule has 1 aliphatic rings. The van der Waals surface area contributed by atoms with Gasteiger partial charge >= 0.3 is 0 Å². The van der Waals surface area contributed by atoms with E-state index in [4.69, 9.17) is 4.74 Å². The molecular formula is C13H18N2O3. The Bertz CT molecular complexity index is 456. The van der Waals surface area contributed by atoms with Crippen molar-refractivity contribution >= 4 is 11.4 Å². The molecule has 0 heterocycles. The molecule has 0 aromatic heterocycles. The smallest absolute Gasteiger partial charge is 0.275 e. The first kappa shape index (κ1) is 12.7. The van der Waals surface area contributed by atoms with Crippen molar-refractivity contribution in [2.24, 2.45) is 0 Å². The molecule has 1 fully saturated rings. The maximum Gasteiger partial charge on any atom is 0.275 e. The largest absolute Gasteiger partial charge is 0.494 e. The van der Waals surface area contributed by atoms with Gasteiger partial charge in [-0.1, -0.05) is 0 Å². The number of hydrogen-bond acceptors (Lipinski definition) is 4. The van der Waals surface area contributed by atoms with Crippen LogP contribution < -0.4 is 10.1 Å². The summed E-state index contributed by atoms with van der Waals surface area (Å²) < 4.78 is 5.36. The zero-order chi connectivity index (χ0) is 13.2. The predicted octanol–water partition coefficient (Wildman–Crippen LogP) is 3.35. The standard InChI is InChI=1S/C13H18N2O3/c1-3-18-12-8-10(7-11(9-12)15(16)17)14-13(2)5-4-6-13/h7-9,14H,3-6H2,1-2H3. The molecule has 1 saturated carbocycles. The van der Waals surface area contributed by atoms with Gasteiger partial charge in [-0.2, -0.15) is 0 Å². The van der Waals surface area contributed by atoms with Crippen LogP contribution in [0.25, 0.3) is 0 Å². The second-order valence-electron chi connectivity index (χ2n) is 4.94. The number of non-ortho nitro benzene ring substituents is 1. The van der Waals surface area contributed by atoms with E-state index >= 15 is 0 Å². The molecule has 0 spiro atoms. The molecule has 0 amide bonds. The van der Waals surface area contributed by atoms with E-state index in [1.165, 1.54) is 12.5 Å². The third-order valence-corrected chi connectivity index (χ3v) is 3.32. The van der Waals surface area contributed by atoms with Gasteiger partial charge in [-0.3, -0.25) is 10.1 Å². The Morgan fingerprint density at radius 2 is 2.17 bits per heavy atom. The van der Waals surface area contributed by atoms with Crippen LogP contribution in [0.3, 0.4) is 0 Å². The maximum absolute atomic E-state index is 10.9. The van der Waals surface area contributed by atoms with Gasteiger partial charge in [-0.15, -0.1) is 0 Å². The number of nitrogens with zero attached hydrogens (tertiary/aromatic N) is 1. The van der Waals surface area contributed by atoms with E-state index in [1.54, 1.807) is 6.07 Å². The van der Waals surface area contributed by atoms with Crippen LogP contribution in [0.2, 0.25) is 0 Å². The molecular weight excluding hydrogens is 232 g/mol.